The Kier molecular flexibility index (Phi) is 16.6. The van der Waals surface area contributed by atoms with Gasteiger partial charge in [-0.1, -0.05) is 129 Å². The molecule has 49 heavy (non-hydrogen) atoms. The zero-order valence-corrected chi connectivity index (χ0v) is 33.6. The van der Waals surface area contributed by atoms with Crippen molar-refractivity contribution < 1.29 is 9.53 Å². The van der Waals surface area contributed by atoms with Crippen molar-refractivity contribution in [3.05, 3.63) is 36.0 Å². The summed E-state index contributed by atoms with van der Waals surface area (Å²) < 4.78 is 6.13. The van der Waals surface area contributed by atoms with Crippen LogP contribution in [0.5, 0.6) is 0 Å². The predicted octanol–water partition coefficient (Wildman–Crippen LogP) is 14.4. The maximum atomic E-state index is 12.8. The molecule has 0 aromatic carbocycles. The number of ether oxygens (including phenoxy) is 1. The van der Waals surface area contributed by atoms with Crippen molar-refractivity contribution in [3.63, 3.8) is 0 Å². The van der Waals surface area contributed by atoms with Gasteiger partial charge in [0.05, 0.1) is 0 Å². The molecule has 0 aromatic heterocycles. The maximum absolute atomic E-state index is 12.8. The zero-order valence-electron chi connectivity index (χ0n) is 33.6. The van der Waals surface area contributed by atoms with Crippen LogP contribution in [0.2, 0.25) is 0 Å². The van der Waals surface area contributed by atoms with E-state index in [4.69, 9.17) is 4.74 Å². The number of carbonyl (C=O) groups is 1. The van der Waals surface area contributed by atoms with Crippen molar-refractivity contribution in [1.29, 1.82) is 0 Å². The van der Waals surface area contributed by atoms with Gasteiger partial charge in [0.1, 0.15) is 6.10 Å². The maximum Gasteiger partial charge on any atom is 0.306 e. The third-order valence-electron chi connectivity index (χ3n) is 14.9. The molecule has 0 saturated heterocycles. The number of fused-ring (bicyclic) bond motifs is 5. The van der Waals surface area contributed by atoms with E-state index in [-0.39, 0.29) is 12.1 Å². The summed E-state index contributed by atoms with van der Waals surface area (Å²) in [4.78, 5) is 12.8. The first kappa shape index (κ1) is 40.5. The quantitative estimate of drug-likeness (QED) is 0.0687. The Morgan fingerprint density at radius 3 is 2.27 bits per heavy atom. The Hall–Kier alpha value is -1.31. The summed E-state index contributed by atoms with van der Waals surface area (Å²) in [5.41, 5.74) is 2.50. The van der Waals surface area contributed by atoms with Gasteiger partial charge < -0.3 is 4.74 Å². The lowest BCUT2D eigenvalue weighted by molar-refractivity contribution is -0.151. The third kappa shape index (κ3) is 10.9. The van der Waals surface area contributed by atoms with Gasteiger partial charge in [0.2, 0.25) is 0 Å². The van der Waals surface area contributed by atoms with Crippen LogP contribution in [0, 0.1) is 52.3 Å². The molecule has 0 aromatic rings. The first-order valence-corrected chi connectivity index (χ1v) is 21.8. The first-order chi connectivity index (χ1) is 23.6. The molecule has 0 spiro atoms. The first-order valence-electron chi connectivity index (χ1n) is 21.8. The normalized spacial score (nSPS) is 32.6. The molecule has 0 N–H and O–H groups in total. The summed E-state index contributed by atoms with van der Waals surface area (Å²) in [5, 5.41) is 0. The highest BCUT2D eigenvalue weighted by Gasteiger charge is 2.59. The molecular formula is C47H80O2. The molecule has 4 aliphatic rings. The Bertz CT molecular complexity index is 1070. The minimum Gasteiger partial charge on any atom is -0.462 e. The summed E-state index contributed by atoms with van der Waals surface area (Å²) in [6, 6.07) is 0. The van der Waals surface area contributed by atoms with Crippen LogP contribution < -0.4 is 0 Å². The Balaban J connectivity index is 1.14. The number of esters is 1. The van der Waals surface area contributed by atoms with Gasteiger partial charge in [-0.2, -0.15) is 0 Å². The van der Waals surface area contributed by atoms with Gasteiger partial charge in [-0.05, 0) is 142 Å². The van der Waals surface area contributed by atoms with Gasteiger partial charge in [0.15, 0.2) is 0 Å². The lowest BCUT2D eigenvalue weighted by Gasteiger charge is -2.58. The van der Waals surface area contributed by atoms with Crippen molar-refractivity contribution in [3.8, 4) is 0 Å². The molecule has 2 heteroatoms. The average molecular weight is 677 g/mol. The highest BCUT2D eigenvalue weighted by atomic mass is 16.5. The molecule has 9 unspecified atom stereocenters. The molecule has 9 atom stereocenters. The lowest BCUT2D eigenvalue weighted by Crippen LogP contribution is -2.51. The van der Waals surface area contributed by atoms with Gasteiger partial charge >= 0.3 is 5.97 Å². The Labute approximate surface area is 305 Å². The summed E-state index contributed by atoms with van der Waals surface area (Å²) in [7, 11) is 0. The fraction of sp³-hybridized carbons (Fsp3) is 0.851. The SMILES string of the molecule is CCCCCC=CCC=CCCCCCCCC(=O)OC1CCC2(C)C(=CCC3C2CCC2(C)C(C(C)CCC(CC)C(C)C)CCC32)C1. The molecule has 280 valence electrons. The molecule has 4 aliphatic carbocycles. The topological polar surface area (TPSA) is 26.3 Å². The van der Waals surface area contributed by atoms with Crippen molar-refractivity contribution in [2.24, 2.45) is 52.3 Å². The fourth-order valence-corrected chi connectivity index (χ4v) is 11.7. The summed E-state index contributed by atoms with van der Waals surface area (Å²) >= 11 is 0. The smallest absolute Gasteiger partial charge is 0.306 e. The summed E-state index contributed by atoms with van der Waals surface area (Å²) in [5.74, 6) is 6.13. The standard InChI is InChI=1S/C47H80O2/c1-8-10-11-12-13-14-15-16-17-18-19-20-21-22-23-24-45(48)49-40-31-33-46(6)39(35-40)27-28-41-43-30-29-42(47(43,7)34-32-44(41)46)37(5)25-26-38(9-2)36(3)4/h13-14,16-17,27,36-38,40-44H,8-12,15,18-26,28-35H2,1-7H3. The summed E-state index contributed by atoms with van der Waals surface area (Å²) in [6.07, 6.45) is 40.5. The van der Waals surface area contributed by atoms with Crippen LogP contribution in [0.3, 0.4) is 0 Å². The number of rotatable bonds is 21. The second-order valence-corrected chi connectivity index (χ2v) is 18.3. The number of carbonyl (C=O) groups excluding carboxylic acids is 1. The zero-order chi connectivity index (χ0) is 35.3. The van der Waals surface area contributed by atoms with Crippen LogP contribution >= 0.6 is 0 Å². The monoisotopic (exact) mass is 677 g/mol. The average Bonchev–Trinajstić information content (AvgIpc) is 3.44. The minimum atomic E-state index is 0.0479. The number of allylic oxidation sites excluding steroid dienone is 5. The van der Waals surface area contributed by atoms with Crippen LogP contribution in [0.25, 0.3) is 0 Å². The number of hydrogen-bond acceptors (Lipinski definition) is 2. The second kappa shape index (κ2) is 20.1. The van der Waals surface area contributed by atoms with Gasteiger partial charge in [0.25, 0.3) is 0 Å². The highest BCUT2D eigenvalue weighted by Crippen LogP contribution is 2.67. The molecule has 0 aliphatic heterocycles. The van der Waals surface area contributed by atoms with Crippen LogP contribution in [0.15, 0.2) is 36.0 Å². The number of unbranched alkanes of at least 4 members (excludes halogenated alkanes) is 8. The van der Waals surface area contributed by atoms with E-state index in [9.17, 15) is 4.79 Å². The highest BCUT2D eigenvalue weighted by molar-refractivity contribution is 5.69. The van der Waals surface area contributed by atoms with E-state index in [1.807, 2.05) is 0 Å². The fourth-order valence-electron chi connectivity index (χ4n) is 11.7. The second-order valence-electron chi connectivity index (χ2n) is 18.3. The predicted molar refractivity (Wildman–Crippen MR) is 211 cm³/mol. The van der Waals surface area contributed by atoms with Gasteiger partial charge in [-0.15, -0.1) is 0 Å². The van der Waals surface area contributed by atoms with Crippen LogP contribution in [0.4, 0.5) is 0 Å². The lowest BCUT2D eigenvalue weighted by atomic mass is 9.47. The third-order valence-corrected chi connectivity index (χ3v) is 14.9. The number of hydrogen-bond donors (Lipinski definition) is 0. The van der Waals surface area contributed by atoms with E-state index in [1.54, 1.807) is 5.57 Å². The van der Waals surface area contributed by atoms with Crippen LogP contribution in [0.1, 0.15) is 196 Å². The molecule has 4 rings (SSSR count). The molecule has 3 saturated carbocycles. The van der Waals surface area contributed by atoms with Crippen LogP contribution in [-0.4, -0.2) is 12.1 Å². The van der Waals surface area contributed by atoms with Crippen LogP contribution in [-0.2, 0) is 9.53 Å². The summed E-state index contributed by atoms with van der Waals surface area (Å²) in [6.45, 7) is 17.4. The molecule has 3 fully saturated rings. The van der Waals surface area contributed by atoms with Crippen molar-refractivity contribution in [1.82, 2.24) is 0 Å². The van der Waals surface area contributed by atoms with Crippen molar-refractivity contribution in [2.45, 2.75) is 202 Å². The van der Waals surface area contributed by atoms with Crippen molar-refractivity contribution >= 4 is 5.97 Å². The van der Waals surface area contributed by atoms with E-state index < -0.39 is 0 Å². The molecular weight excluding hydrogens is 597 g/mol. The van der Waals surface area contributed by atoms with E-state index in [1.165, 1.54) is 109 Å². The molecule has 0 heterocycles. The largest absolute Gasteiger partial charge is 0.462 e. The van der Waals surface area contributed by atoms with Gasteiger partial charge in [-0.3, -0.25) is 4.79 Å². The van der Waals surface area contributed by atoms with Gasteiger partial charge in [-0.25, -0.2) is 0 Å². The van der Waals surface area contributed by atoms with E-state index in [2.05, 4.69) is 78.8 Å². The Morgan fingerprint density at radius 1 is 0.837 bits per heavy atom. The van der Waals surface area contributed by atoms with E-state index >= 15 is 0 Å². The molecule has 0 radical (unpaired) electrons. The van der Waals surface area contributed by atoms with E-state index in [0.29, 0.717) is 17.3 Å². The Morgan fingerprint density at radius 2 is 1.55 bits per heavy atom. The molecule has 2 nitrogen and oxygen atoms in total. The van der Waals surface area contributed by atoms with Crippen molar-refractivity contribution in [2.75, 3.05) is 0 Å². The molecule has 0 bridgehead atoms. The van der Waals surface area contributed by atoms with E-state index in [0.717, 1.165) is 73.5 Å². The van der Waals surface area contributed by atoms with Gasteiger partial charge in [0, 0.05) is 12.8 Å². The molecule has 0 amide bonds. The minimum absolute atomic E-state index is 0.0479.